The van der Waals surface area contributed by atoms with Crippen LogP contribution in [0.15, 0.2) is 24.3 Å². The number of Topliss-reactive ketones (excluding diaryl/α,β-unsaturated/α-hetero) is 1. The van der Waals surface area contributed by atoms with Crippen molar-refractivity contribution in [1.29, 1.82) is 0 Å². The average molecular weight is 450 g/mol. The zero-order valence-corrected chi connectivity index (χ0v) is 20.7. The Kier molecular flexibility index (Phi) is 14.0. The topological polar surface area (TPSA) is 88.7 Å². The smallest absolute Gasteiger partial charge is 0.246 e. The summed E-state index contributed by atoms with van der Waals surface area (Å²) < 4.78 is 10.8. The fourth-order valence-corrected chi connectivity index (χ4v) is 3.13. The Labute approximate surface area is 194 Å². The number of hydrogen-bond acceptors (Lipinski definition) is 6. The van der Waals surface area contributed by atoms with Gasteiger partial charge >= 0.3 is 0 Å². The summed E-state index contributed by atoms with van der Waals surface area (Å²) in [6.07, 6.45) is 0.658. The Morgan fingerprint density at radius 1 is 0.844 bits per heavy atom. The zero-order chi connectivity index (χ0) is 23.9. The monoisotopic (exact) mass is 449 g/mol. The molecule has 0 radical (unpaired) electrons. The SMILES string of the molecule is CC(C)NCCOCCOCC(=O)NCc1ccc(CC(NC(C)C)C(=O)C(C)C)cc1. The van der Waals surface area contributed by atoms with E-state index >= 15 is 0 Å². The van der Waals surface area contributed by atoms with E-state index in [1.54, 1.807) is 0 Å². The number of carbonyl (C=O) groups excluding carboxylic acids is 2. The molecule has 0 aliphatic carbocycles. The first-order valence-corrected chi connectivity index (χ1v) is 11.7. The van der Waals surface area contributed by atoms with E-state index < -0.39 is 0 Å². The summed E-state index contributed by atoms with van der Waals surface area (Å²) >= 11 is 0. The van der Waals surface area contributed by atoms with Gasteiger partial charge in [0.25, 0.3) is 0 Å². The van der Waals surface area contributed by atoms with E-state index in [2.05, 4.69) is 43.6 Å². The van der Waals surface area contributed by atoms with Gasteiger partial charge < -0.3 is 25.4 Å². The minimum atomic E-state index is -0.187. The third kappa shape index (κ3) is 12.9. The second kappa shape index (κ2) is 15.9. The number of ether oxygens (including phenoxy) is 2. The van der Waals surface area contributed by atoms with Crippen molar-refractivity contribution in [2.24, 2.45) is 5.92 Å². The standard InChI is InChI=1S/C25H43N3O4/c1-18(2)25(30)23(28-20(5)6)15-21-7-9-22(10-8-21)16-27-24(29)17-32-14-13-31-12-11-26-19(3)4/h7-10,18-20,23,26,28H,11-17H2,1-6H3,(H,27,29). The molecule has 7 heteroatoms. The first kappa shape index (κ1) is 28.2. The molecule has 182 valence electrons. The molecule has 3 N–H and O–H groups in total. The minimum Gasteiger partial charge on any atom is -0.378 e. The van der Waals surface area contributed by atoms with Crippen LogP contribution in [0.5, 0.6) is 0 Å². The summed E-state index contributed by atoms with van der Waals surface area (Å²) in [5, 5.41) is 9.50. The Balaban J connectivity index is 2.30. The molecular formula is C25H43N3O4. The van der Waals surface area contributed by atoms with Crippen LogP contribution in [0.25, 0.3) is 0 Å². The van der Waals surface area contributed by atoms with Crippen LogP contribution >= 0.6 is 0 Å². The highest BCUT2D eigenvalue weighted by Crippen LogP contribution is 2.11. The van der Waals surface area contributed by atoms with Gasteiger partial charge in [0.1, 0.15) is 6.61 Å². The number of carbonyl (C=O) groups is 2. The van der Waals surface area contributed by atoms with Gasteiger partial charge in [-0.1, -0.05) is 65.8 Å². The number of rotatable bonds is 17. The van der Waals surface area contributed by atoms with Gasteiger partial charge in [0.05, 0.1) is 25.9 Å². The Bertz CT molecular complexity index is 660. The van der Waals surface area contributed by atoms with Crippen LogP contribution in [-0.2, 0) is 32.0 Å². The number of benzene rings is 1. The molecule has 1 aromatic carbocycles. The van der Waals surface area contributed by atoms with Gasteiger partial charge in [-0.2, -0.15) is 0 Å². The molecule has 0 fully saturated rings. The largest absolute Gasteiger partial charge is 0.378 e. The van der Waals surface area contributed by atoms with Crippen LogP contribution in [0.2, 0.25) is 0 Å². The summed E-state index contributed by atoms with van der Waals surface area (Å²) in [5.41, 5.74) is 2.10. The highest BCUT2D eigenvalue weighted by molar-refractivity contribution is 5.86. The lowest BCUT2D eigenvalue weighted by Gasteiger charge is -2.22. The van der Waals surface area contributed by atoms with Crippen LogP contribution in [-0.4, -0.2) is 62.8 Å². The van der Waals surface area contributed by atoms with Crippen LogP contribution < -0.4 is 16.0 Å². The molecule has 1 amide bonds. The van der Waals surface area contributed by atoms with Crippen molar-refractivity contribution in [1.82, 2.24) is 16.0 Å². The summed E-state index contributed by atoms with van der Waals surface area (Å²) in [4.78, 5) is 24.4. The molecule has 0 heterocycles. The quantitative estimate of drug-likeness (QED) is 0.317. The average Bonchev–Trinajstić information content (AvgIpc) is 2.73. The summed E-state index contributed by atoms with van der Waals surface area (Å²) in [7, 11) is 0. The molecule has 32 heavy (non-hydrogen) atoms. The predicted molar refractivity (Wildman–Crippen MR) is 129 cm³/mol. The molecule has 7 nitrogen and oxygen atoms in total. The van der Waals surface area contributed by atoms with Crippen molar-refractivity contribution in [3.05, 3.63) is 35.4 Å². The van der Waals surface area contributed by atoms with Crippen molar-refractivity contribution in [3.63, 3.8) is 0 Å². The third-order valence-electron chi connectivity index (χ3n) is 4.80. The van der Waals surface area contributed by atoms with Crippen molar-refractivity contribution >= 4 is 11.7 Å². The molecule has 1 unspecified atom stereocenters. The molecule has 0 aliphatic heterocycles. The van der Waals surface area contributed by atoms with E-state index in [1.165, 1.54) is 0 Å². The van der Waals surface area contributed by atoms with E-state index in [1.807, 2.05) is 38.1 Å². The van der Waals surface area contributed by atoms with Gasteiger partial charge in [-0.3, -0.25) is 9.59 Å². The molecule has 1 rings (SSSR count). The van der Waals surface area contributed by atoms with E-state index in [4.69, 9.17) is 9.47 Å². The first-order valence-electron chi connectivity index (χ1n) is 11.7. The van der Waals surface area contributed by atoms with Crippen LogP contribution in [0.4, 0.5) is 0 Å². The molecule has 0 aliphatic rings. The van der Waals surface area contributed by atoms with Gasteiger partial charge in [-0.25, -0.2) is 0 Å². The molecule has 0 saturated carbocycles. The van der Waals surface area contributed by atoms with Crippen LogP contribution in [0.1, 0.15) is 52.7 Å². The summed E-state index contributed by atoms with van der Waals surface area (Å²) in [6.45, 7) is 14.9. The van der Waals surface area contributed by atoms with Gasteiger partial charge in [-0.15, -0.1) is 0 Å². The maximum Gasteiger partial charge on any atom is 0.246 e. The van der Waals surface area contributed by atoms with Gasteiger partial charge in [0.2, 0.25) is 5.91 Å². The number of hydrogen-bond donors (Lipinski definition) is 3. The number of ketones is 1. The van der Waals surface area contributed by atoms with Crippen LogP contribution in [0, 0.1) is 5.92 Å². The zero-order valence-electron chi connectivity index (χ0n) is 20.7. The van der Waals surface area contributed by atoms with Crippen molar-refractivity contribution in [2.75, 3.05) is 33.0 Å². The van der Waals surface area contributed by atoms with E-state index in [-0.39, 0.29) is 36.3 Å². The lowest BCUT2D eigenvalue weighted by molar-refractivity contribution is -0.126. The molecule has 0 bridgehead atoms. The summed E-state index contributed by atoms with van der Waals surface area (Å²) in [6, 6.07) is 8.52. The Hall–Kier alpha value is -1.80. The van der Waals surface area contributed by atoms with Crippen molar-refractivity contribution in [3.8, 4) is 0 Å². The normalized spacial score (nSPS) is 12.5. The maximum absolute atomic E-state index is 12.5. The Morgan fingerprint density at radius 3 is 2.06 bits per heavy atom. The van der Waals surface area contributed by atoms with Crippen molar-refractivity contribution in [2.45, 2.75) is 72.6 Å². The van der Waals surface area contributed by atoms with E-state index in [0.29, 0.717) is 38.8 Å². The molecule has 0 spiro atoms. The lowest BCUT2D eigenvalue weighted by atomic mass is 9.95. The van der Waals surface area contributed by atoms with E-state index in [0.717, 1.165) is 17.7 Å². The highest BCUT2D eigenvalue weighted by Gasteiger charge is 2.22. The minimum absolute atomic E-state index is 0.00333. The molecule has 0 aromatic heterocycles. The number of nitrogens with one attached hydrogen (secondary N) is 3. The fraction of sp³-hybridized carbons (Fsp3) is 0.680. The maximum atomic E-state index is 12.5. The molecule has 1 atom stereocenters. The highest BCUT2D eigenvalue weighted by atomic mass is 16.5. The second-order valence-electron chi connectivity index (χ2n) is 9.00. The van der Waals surface area contributed by atoms with Gasteiger partial charge in [0, 0.05) is 31.1 Å². The predicted octanol–water partition coefficient (Wildman–Crippen LogP) is 2.47. The number of amides is 1. The van der Waals surface area contributed by atoms with Crippen molar-refractivity contribution < 1.29 is 19.1 Å². The first-order chi connectivity index (χ1) is 15.2. The third-order valence-corrected chi connectivity index (χ3v) is 4.80. The second-order valence-corrected chi connectivity index (χ2v) is 9.00. The lowest BCUT2D eigenvalue weighted by Crippen LogP contribution is -2.44. The van der Waals surface area contributed by atoms with E-state index in [9.17, 15) is 9.59 Å². The summed E-state index contributed by atoms with van der Waals surface area (Å²) in [5.74, 6) is 0.0725. The molecular weight excluding hydrogens is 406 g/mol. The fourth-order valence-electron chi connectivity index (χ4n) is 3.13. The van der Waals surface area contributed by atoms with Gasteiger partial charge in [0.15, 0.2) is 5.78 Å². The molecule has 1 aromatic rings. The van der Waals surface area contributed by atoms with Gasteiger partial charge in [-0.05, 0) is 17.5 Å². The Morgan fingerprint density at radius 2 is 1.47 bits per heavy atom. The van der Waals surface area contributed by atoms with Crippen LogP contribution in [0.3, 0.4) is 0 Å². The molecule has 0 saturated heterocycles.